The molecule has 1 unspecified atom stereocenters. The van der Waals surface area contributed by atoms with Crippen LogP contribution in [0.4, 0.5) is 0 Å². The Balaban J connectivity index is 0.00000225. The lowest BCUT2D eigenvalue weighted by molar-refractivity contribution is 0.403. The summed E-state index contributed by atoms with van der Waals surface area (Å²) >= 11 is 0. The Kier molecular flexibility index (Phi) is 7.46. The minimum atomic E-state index is 0. The van der Waals surface area contributed by atoms with Gasteiger partial charge in [0.2, 0.25) is 0 Å². The number of hydrogen-bond acceptors (Lipinski definition) is 3. The molecule has 1 saturated heterocycles. The molecule has 7 heteroatoms. The molecule has 1 atom stereocenters. The molecule has 1 aliphatic heterocycles. The Morgan fingerprint density at radius 3 is 2.96 bits per heavy atom. The highest BCUT2D eigenvalue weighted by atomic mass is 127. The van der Waals surface area contributed by atoms with Crippen LogP contribution in [0.5, 0.6) is 0 Å². The number of aromatic nitrogens is 3. The van der Waals surface area contributed by atoms with Crippen molar-refractivity contribution in [2.75, 3.05) is 26.7 Å². The predicted octanol–water partition coefficient (Wildman–Crippen LogP) is 2.83. The van der Waals surface area contributed by atoms with Crippen LogP contribution in [0, 0.1) is 11.8 Å². The van der Waals surface area contributed by atoms with Crippen LogP contribution in [0.15, 0.2) is 29.4 Å². The molecule has 2 aromatic rings. The summed E-state index contributed by atoms with van der Waals surface area (Å²) in [6, 6.07) is 5.96. The molecule has 0 saturated carbocycles. The fourth-order valence-electron chi connectivity index (χ4n) is 3.56. The number of nitrogens with one attached hydrogen (secondary N) is 1. The van der Waals surface area contributed by atoms with E-state index >= 15 is 0 Å². The average molecular weight is 456 g/mol. The van der Waals surface area contributed by atoms with Gasteiger partial charge in [-0.15, -0.1) is 34.2 Å². The van der Waals surface area contributed by atoms with Crippen molar-refractivity contribution in [1.82, 2.24) is 24.8 Å². The topological polar surface area (TPSA) is 57.8 Å². The highest BCUT2D eigenvalue weighted by Crippen LogP contribution is 2.23. The number of halogens is 1. The maximum Gasteiger partial charge on any atom is 0.193 e. The number of hydrogen-bond donors (Lipinski definition) is 1. The van der Waals surface area contributed by atoms with Gasteiger partial charge in [0.15, 0.2) is 11.6 Å². The maximum absolute atomic E-state index is 4.45. The van der Waals surface area contributed by atoms with E-state index in [1.165, 1.54) is 12.8 Å². The molecule has 3 rings (SSSR count). The Morgan fingerprint density at radius 1 is 1.36 bits per heavy atom. The summed E-state index contributed by atoms with van der Waals surface area (Å²) in [6.07, 6.45) is 5.41. The molecule has 138 valence electrons. The molecule has 3 heterocycles. The van der Waals surface area contributed by atoms with Crippen LogP contribution >= 0.6 is 24.0 Å². The first-order valence-electron chi connectivity index (χ1n) is 8.91. The van der Waals surface area contributed by atoms with E-state index in [1.54, 1.807) is 0 Å². The van der Waals surface area contributed by atoms with Crippen molar-refractivity contribution in [1.29, 1.82) is 0 Å². The van der Waals surface area contributed by atoms with Gasteiger partial charge in [-0.1, -0.05) is 19.9 Å². The summed E-state index contributed by atoms with van der Waals surface area (Å²) in [5, 5.41) is 12.0. The van der Waals surface area contributed by atoms with Crippen molar-refractivity contribution in [2.24, 2.45) is 16.8 Å². The summed E-state index contributed by atoms with van der Waals surface area (Å²) in [4.78, 5) is 6.84. The lowest BCUT2D eigenvalue weighted by Crippen LogP contribution is -2.41. The number of nitrogens with zero attached hydrogens (tertiary/aromatic N) is 5. The van der Waals surface area contributed by atoms with Crippen LogP contribution in [0.1, 0.15) is 32.5 Å². The van der Waals surface area contributed by atoms with Gasteiger partial charge in [-0.2, -0.15) is 0 Å². The van der Waals surface area contributed by atoms with Gasteiger partial charge in [0.05, 0.1) is 0 Å². The van der Waals surface area contributed by atoms with Crippen molar-refractivity contribution < 1.29 is 0 Å². The first-order valence-corrected chi connectivity index (χ1v) is 8.91. The minimum absolute atomic E-state index is 0. The molecule has 0 spiro atoms. The minimum Gasteiger partial charge on any atom is -0.356 e. The van der Waals surface area contributed by atoms with E-state index in [9.17, 15) is 0 Å². The van der Waals surface area contributed by atoms with Gasteiger partial charge in [-0.25, -0.2) is 0 Å². The Labute approximate surface area is 167 Å². The number of aliphatic imine (C=N–C) groups is 1. The lowest BCUT2D eigenvalue weighted by atomic mass is 9.97. The zero-order valence-electron chi connectivity index (χ0n) is 15.4. The second-order valence-corrected chi connectivity index (χ2v) is 7.00. The van der Waals surface area contributed by atoms with E-state index < -0.39 is 0 Å². The van der Waals surface area contributed by atoms with Gasteiger partial charge in [0.25, 0.3) is 0 Å². The van der Waals surface area contributed by atoms with Gasteiger partial charge in [-0.3, -0.25) is 9.39 Å². The van der Waals surface area contributed by atoms with E-state index in [0.717, 1.165) is 55.3 Å². The van der Waals surface area contributed by atoms with E-state index in [1.807, 2.05) is 35.8 Å². The van der Waals surface area contributed by atoms with Gasteiger partial charge in [-0.05, 0) is 36.8 Å². The number of fused-ring (bicyclic) bond motifs is 1. The Bertz CT molecular complexity index is 696. The third kappa shape index (κ3) is 5.05. The smallest absolute Gasteiger partial charge is 0.193 e. The summed E-state index contributed by atoms with van der Waals surface area (Å²) in [6.45, 7) is 7.64. The Hall–Kier alpha value is -1.38. The largest absolute Gasteiger partial charge is 0.356 e. The second kappa shape index (κ2) is 9.35. The van der Waals surface area contributed by atoms with Crippen LogP contribution in [-0.2, 0) is 6.42 Å². The van der Waals surface area contributed by atoms with E-state index in [0.29, 0.717) is 0 Å². The lowest BCUT2D eigenvalue weighted by Gasteiger charge is -2.22. The van der Waals surface area contributed by atoms with Crippen LogP contribution in [0.3, 0.4) is 0 Å². The Morgan fingerprint density at radius 2 is 2.20 bits per heavy atom. The highest BCUT2D eigenvalue weighted by Gasteiger charge is 2.25. The van der Waals surface area contributed by atoms with E-state index in [-0.39, 0.29) is 24.0 Å². The zero-order chi connectivity index (χ0) is 16.9. The molecule has 1 fully saturated rings. The third-order valence-electron chi connectivity index (χ3n) is 4.62. The van der Waals surface area contributed by atoms with Gasteiger partial charge in [0, 0.05) is 39.3 Å². The fraction of sp³-hybridized carbons (Fsp3) is 0.611. The van der Waals surface area contributed by atoms with Crippen molar-refractivity contribution in [3.8, 4) is 0 Å². The van der Waals surface area contributed by atoms with Gasteiger partial charge < -0.3 is 10.2 Å². The number of guanidine groups is 1. The molecule has 2 aromatic heterocycles. The molecular formula is C18H29IN6. The maximum atomic E-state index is 4.45. The summed E-state index contributed by atoms with van der Waals surface area (Å²) in [7, 11) is 1.87. The normalized spacial score (nSPS) is 18.0. The average Bonchev–Trinajstić information content (AvgIpc) is 3.18. The monoisotopic (exact) mass is 456 g/mol. The quantitative estimate of drug-likeness (QED) is 0.427. The summed E-state index contributed by atoms with van der Waals surface area (Å²) in [5.74, 6) is 3.55. The molecule has 0 bridgehead atoms. The number of rotatable bonds is 5. The fourth-order valence-corrected chi connectivity index (χ4v) is 3.56. The van der Waals surface area contributed by atoms with Crippen LogP contribution in [0.25, 0.3) is 5.65 Å². The van der Waals surface area contributed by atoms with Crippen LogP contribution < -0.4 is 5.32 Å². The van der Waals surface area contributed by atoms with Crippen molar-refractivity contribution in [3.05, 3.63) is 30.2 Å². The molecular weight excluding hydrogens is 427 g/mol. The molecule has 0 aromatic carbocycles. The van der Waals surface area contributed by atoms with E-state index in [4.69, 9.17) is 0 Å². The molecule has 1 aliphatic rings. The molecule has 0 aliphatic carbocycles. The third-order valence-corrected chi connectivity index (χ3v) is 4.62. The molecule has 0 amide bonds. The van der Waals surface area contributed by atoms with Crippen LogP contribution in [-0.4, -0.2) is 52.1 Å². The van der Waals surface area contributed by atoms with Crippen molar-refractivity contribution in [3.63, 3.8) is 0 Å². The first-order chi connectivity index (χ1) is 11.7. The van der Waals surface area contributed by atoms with Crippen molar-refractivity contribution in [2.45, 2.75) is 33.1 Å². The standard InChI is InChI=1S/C18H28N6.HI/c1-14(2)12-15-8-11-23(13-15)18(19-3)20-9-7-17-22-21-16-6-4-5-10-24(16)17;/h4-6,10,14-15H,7-9,11-13H2,1-3H3,(H,19,20);1H. The molecule has 6 nitrogen and oxygen atoms in total. The zero-order valence-corrected chi connectivity index (χ0v) is 17.7. The van der Waals surface area contributed by atoms with E-state index in [2.05, 4.69) is 39.3 Å². The summed E-state index contributed by atoms with van der Waals surface area (Å²) < 4.78 is 2.04. The second-order valence-electron chi connectivity index (χ2n) is 7.00. The highest BCUT2D eigenvalue weighted by molar-refractivity contribution is 14.0. The molecule has 1 N–H and O–H groups in total. The van der Waals surface area contributed by atoms with Gasteiger partial charge >= 0.3 is 0 Å². The van der Waals surface area contributed by atoms with Gasteiger partial charge in [0.1, 0.15) is 5.82 Å². The van der Waals surface area contributed by atoms with Crippen molar-refractivity contribution >= 4 is 35.6 Å². The summed E-state index contributed by atoms with van der Waals surface area (Å²) in [5.41, 5.74) is 0.896. The predicted molar refractivity (Wildman–Crippen MR) is 113 cm³/mol. The molecule has 0 radical (unpaired) electrons. The number of likely N-dealkylation sites (tertiary alicyclic amines) is 1. The SMILES string of the molecule is CN=C(NCCc1nnc2ccccn12)N1CCC(CC(C)C)C1.I. The number of pyridine rings is 1. The first kappa shape index (κ1) is 19.9. The van der Waals surface area contributed by atoms with Crippen LogP contribution in [0.2, 0.25) is 0 Å². The molecule has 25 heavy (non-hydrogen) atoms.